The summed E-state index contributed by atoms with van der Waals surface area (Å²) in [6.45, 7) is 1.76. The molecule has 0 bridgehead atoms. The third kappa shape index (κ3) is 2.51. The van der Waals surface area contributed by atoms with E-state index in [-0.39, 0.29) is 10.6 Å². The molecule has 1 aliphatic carbocycles. The Morgan fingerprint density at radius 1 is 1.15 bits per heavy atom. The van der Waals surface area contributed by atoms with Gasteiger partial charge in [-0.2, -0.15) is 0 Å². The maximum atomic E-state index is 13.5. The van der Waals surface area contributed by atoms with Crippen molar-refractivity contribution in [3.05, 3.63) is 69.0 Å². The third-order valence-electron chi connectivity index (χ3n) is 3.97. The van der Waals surface area contributed by atoms with Gasteiger partial charge in [-0.3, -0.25) is 0 Å². The number of hydrogen-bond donors (Lipinski definition) is 0. The van der Waals surface area contributed by atoms with E-state index < -0.39 is 0 Å². The van der Waals surface area contributed by atoms with Crippen LogP contribution in [0.5, 0.6) is 0 Å². The van der Waals surface area contributed by atoms with Crippen LogP contribution in [0.1, 0.15) is 39.1 Å². The van der Waals surface area contributed by atoms with Crippen molar-refractivity contribution in [1.29, 1.82) is 0 Å². The number of halogens is 3. The lowest BCUT2D eigenvalue weighted by Crippen LogP contribution is -1.98. The van der Waals surface area contributed by atoms with E-state index in [0.29, 0.717) is 10.6 Å². The van der Waals surface area contributed by atoms with Crippen molar-refractivity contribution in [2.45, 2.75) is 31.0 Å². The Hall–Kier alpha value is -0.860. The molecule has 1 atom stereocenters. The van der Waals surface area contributed by atoms with Gasteiger partial charge in [0, 0.05) is 5.02 Å². The summed E-state index contributed by atoms with van der Waals surface area (Å²) in [7, 11) is 0. The van der Waals surface area contributed by atoms with Crippen molar-refractivity contribution < 1.29 is 4.39 Å². The van der Waals surface area contributed by atoms with Crippen LogP contribution in [0.25, 0.3) is 0 Å². The first-order valence-electron chi connectivity index (χ1n) is 6.77. The van der Waals surface area contributed by atoms with Crippen LogP contribution >= 0.6 is 27.5 Å². The average molecular weight is 354 g/mol. The first-order valence-corrected chi connectivity index (χ1v) is 8.07. The van der Waals surface area contributed by atoms with Crippen molar-refractivity contribution in [2.75, 3.05) is 0 Å². The summed E-state index contributed by atoms with van der Waals surface area (Å²) in [6.07, 6.45) is 3.57. The largest absolute Gasteiger partial charge is 0.207 e. The van der Waals surface area contributed by atoms with E-state index in [0.717, 1.165) is 12.0 Å². The lowest BCUT2D eigenvalue weighted by atomic mass is 9.99. The van der Waals surface area contributed by atoms with Crippen LogP contribution < -0.4 is 0 Å². The van der Waals surface area contributed by atoms with Crippen molar-refractivity contribution in [2.24, 2.45) is 0 Å². The minimum absolute atomic E-state index is 0.000185. The van der Waals surface area contributed by atoms with Gasteiger partial charge in [-0.05, 0) is 60.1 Å². The van der Waals surface area contributed by atoms with E-state index in [2.05, 4.69) is 34.1 Å². The summed E-state index contributed by atoms with van der Waals surface area (Å²) in [5, 5.41) is 0.468. The number of aryl methyl sites for hydroxylation is 3. The van der Waals surface area contributed by atoms with E-state index in [9.17, 15) is 4.39 Å². The van der Waals surface area contributed by atoms with Gasteiger partial charge in [0.25, 0.3) is 0 Å². The molecule has 0 spiro atoms. The molecule has 0 aromatic heterocycles. The molecule has 0 saturated carbocycles. The second kappa shape index (κ2) is 5.50. The molecule has 3 heteroatoms. The summed E-state index contributed by atoms with van der Waals surface area (Å²) in [4.78, 5) is 0.000185. The van der Waals surface area contributed by atoms with E-state index in [1.807, 2.05) is 6.07 Å². The number of rotatable bonds is 2. The SMILES string of the molecule is Cc1cc(C(Br)c2ccc3c(c2)CCC3)c(Cl)cc1F. The first-order chi connectivity index (χ1) is 9.56. The standard InChI is InChI=1S/C17H15BrClF/c1-10-7-14(15(19)9-16(10)20)17(18)13-6-5-11-3-2-4-12(11)8-13/h5-9,17H,2-4H2,1H3. The van der Waals surface area contributed by atoms with Gasteiger partial charge in [-0.1, -0.05) is 51.8 Å². The molecule has 1 aliphatic rings. The predicted molar refractivity (Wildman–Crippen MR) is 85.4 cm³/mol. The Morgan fingerprint density at radius 2 is 1.90 bits per heavy atom. The smallest absolute Gasteiger partial charge is 0.127 e. The van der Waals surface area contributed by atoms with Crippen LogP contribution in [-0.2, 0) is 12.8 Å². The van der Waals surface area contributed by atoms with Crippen molar-refractivity contribution in [3.8, 4) is 0 Å². The molecule has 104 valence electrons. The average Bonchev–Trinajstić information content (AvgIpc) is 2.89. The topological polar surface area (TPSA) is 0 Å². The van der Waals surface area contributed by atoms with Crippen LogP contribution in [0, 0.1) is 12.7 Å². The molecule has 20 heavy (non-hydrogen) atoms. The minimum Gasteiger partial charge on any atom is -0.207 e. The van der Waals surface area contributed by atoms with E-state index in [1.54, 1.807) is 6.92 Å². The first kappa shape index (κ1) is 14.1. The Kier molecular flexibility index (Phi) is 3.87. The second-order valence-corrected chi connectivity index (χ2v) is 6.69. The van der Waals surface area contributed by atoms with Gasteiger partial charge >= 0.3 is 0 Å². The van der Waals surface area contributed by atoms with E-state index in [4.69, 9.17) is 11.6 Å². The molecule has 0 radical (unpaired) electrons. The zero-order valence-electron chi connectivity index (χ0n) is 11.2. The molecule has 0 amide bonds. The van der Waals surface area contributed by atoms with Crippen molar-refractivity contribution in [3.63, 3.8) is 0 Å². The molecule has 0 N–H and O–H groups in total. The Morgan fingerprint density at radius 3 is 2.70 bits per heavy atom. The Labute approximate surface area is 132 Å². The molecule has 2 aromatic rings. The summed E-state index contributed by atoms with van der Waals surface area (Å²) in [5.74, 6) is -0.257. The number of alkyl halides is 1. The van der Waals surface area contributed by atoms with Gasteiger partial charge in [0.15, 0.2) is 0 Å². The molecule has 0 nitrogen and oxygen atoms in total. The maximum Gasteiger partial charge on any atom is 0.127 e. The summed E-state index contributed by atoms with van der Waals surface area (Å²) >= 11 is 9.90. The molecular formula is C17H15BrClF. The normalized spacial score (nSPS) is 15.2. The highest BCUT2D eigenvalue weighted by Crippen LogP contribution is 2.38. The lowest BCUT2D eigenvalue weighted by Gasteiger charge is -2.15. The zero-order valence-corrected chi connectivity index (χ0v) is 13.6. The Bertz CT molecular complexity index is 666. The summed E-state index contributed by atoms with van der Waals surface area (Å²) < 4.78 is 13.5. The number of benzene rings is 2. The fourth-order valence-electron chi connectivity index (χ4n) is 2.80. The van der Waals surface area contributed by atoms with Gasteiger partial charge in [-0.25, -0.2) is 4.39 Å². The fourth-order valence-corrected chi connectivity index (χ4v) is 3.86. The van der Waals surface area contributed by atoms with Crippen LogP contribution in [0.4, 0.5) is 4.39 Å². The molecule has 2 aromatic carbocycles. The van der Waals surface area contributed by atoms with Gasteiger partial charge < -0.3 is 0 Å². The number of fused-ring (bicyclic) bond motifs is 1. The predicted octanol–water partition coefficient (Wildman–Crippen LogP) is 5.76. The van der Waals surface area contributed by atoms with E-state index >= 15 is 0 Å². The molecule has 3 rings (SSSR count). The summed E-state index contributed by atoms with van der Waals surface area (Å²) in [5.41, 5.74) is 5.61. The molecular weight excluding hydrogens is 339 g/mol. The second-order valence-electron chi connectivity index (χ2n) is 5.37. The highest BCUT2D eigenvalue weighted by Gasteiger charge is 2.18. The Balaban J connectivity index is 2.00. The third-order valence-corrected chi connectivity index (χ3v) is 5.32. The monoisotopic (exact) mass is 352 g/mol. The van der Waals surface area contributed by atoms with Gasteiger partial charge in [0.1, 0.15) is 5.82 Å². The quantitative estimate of drug-likeness (QED) is 0.602. The molecule has 0 saturated heterocycles. The van der Waals surface area contributed by atoms with Crippen molar-refractivity contribution in [1.82, 2.24) is 0 Å². The fraction of sp³-hybridized carbons (Fsp3) is 0.294. The highest BCUT2D eigenvalue weighted by molar-refractivity contribution is 9.09. The van der Waals surface area contributed by atoms with Gasteiger partial charge in [-0.15, -0.1) is 0 Å². The minimum atomic E-state index is -0.257. The maximum absolute atomic E-state index is 13.5. The lowest BCUT2D eigenvalue weighted by molar-refractivity contribution is 0.618. The zero-order chi connectivity index (χ0) is 14.3. The highest BCUT2D eigenvalue weighted by atomic mass is 79.9. The molecule has 0 fully saturated rings. The number of hydrogen-bond acceptors (Lipinski definition) is 0. The van der Waals surface area contributed by atoms with Gasteiger partial charge in [0.2, 0.25) is 0 Å². The van der Waals surface area contributed by atoms with Gasteiger partial charge in [0.05, 0.1) is 4.83 Å². The van der Waals surface area contributed by atoms with Crippen LogP contribution in [0.3, 0.4) is 0 Å². The van der Waals surface area contributed by atoms with Crippen LogP contribution in [0.15, 0.2) is 30.3 Å². The van der Waals surface area contributed by atoms with E-state index in [1.165, 1.54) is 35.6 Å². The molecule has 0 aliphatic heterocycles. The molecule has 0 heterocycles. The molecule has 1 unspecified atom stereocenters. The van der Waals surface area contributed by atoms with Crippen LogP contribution in [0.2, 0.25) is 5.02 Å². The summed E-state index contributed by atoms with van der Waals surface area (Å²) in [6, 6.07) is 9.81. The van der Waals surface area contributed by atoms with Crippen molar-refractivity contribution >= 4 is 27.5 Å². The van der Waals surface area contributed by atoms with Crippen LogP contribution in [-0.4, -0.2) is 0 Å².